The van der Waals surface area contributed by atoms with E-state index in [1.165, 1.54) is 0 Å². The number of hydrogen-bond donors (Lipinski definition) is 1. The van der Waals surface area contributed by atoms with E-state index in [1.807, 2.05) is 29.2 Å². The zero-order chi connectivity index (χ0) is 15.4. The number of rotatable bonds is 4. The van der Waals surface area contributed by atoms with Crippen LogP contribution in [0, 0.1) is 0 Å². The van der Waals surface area contributed by atoms with Gasteiger partial charge in [-0.15, -0.1) is 0 Å². The van der Waals surface area contributed by atoms with Crippen molar-refractivity contribution in [2.75, 3.05) is 19.8 Å². The summed E-state index contributed by atoms with van der Waals surface area (Å²) in [5.41, 5.74) is 1.54. The number of H-pyrrole nitrogens is 1. The Bertz CT molecular complexity index is 623. The fourth-order valence-electron chi connectivity index (χ4n) is 2.94. The molecule has 1 N–H and O–H groups in total. The molecule has 2 aromatic rings. The average Bonchev–Trinajstić information content (AvgIpc) is 3.09. The molecule has 1 atom stereocenters. The highest BCUT2D eigenvalue weighted by molar-refractivity contribution is 6.00. The average molecular weight is 299 g/mol. The van der Waals surface area contributed by atoms with Gasteiger partial charge in [0.15, 0.2) is 0 Å². The van der Waals surface area contributed by atoms with E-state index >= 15 is 0 Å². The Morgan fingerprint density at radius 1 is 1.45 bits per heavy atom. The summed E-state index contributed by atoms with van der Waals surface area (Å²) in [6.07, 6.45) is 5.47. The number of benzene rings is 1. The third-order valence-corrected chi connectivity index (χ3v) is 4.02. The second-order valence-corrected chi connectivity index (χ2v) is 5.50. The number of carbonyl (C=O) groups is 1. The zero-order valence-electron chi connectivity index (χ0n) is 12.8. The molecule has 0 aliphatic carbocycles. The van der Waals surface area contributed by atoms with Crippen molar-refractivity contribution in [3.63, 3.8) is 0 Å². The third kappa shape index (κ3) is 2.90. The molecule has 1 aromatic heterocycles. The first-order valence-electron chi connectivity index (χ1n) is 7.78. The Balaban J connectivity index is 1.91. The van der Waals surface area contributed by atoms with Crippen LogP contribution in [-0.2, 0) is 4.74 Å². The molecule has 5 nitrogen and oxygen atoms in total. The van der Waals surface area contributed by atoms with Gasteiger partial charge in [0.2, 0.25) is 0 Å². The van der Waals surface area contributed by atoms with Crippen LogP contribution in [0.1, 0.15) is 30.1 Å². The van der Waals surface area contributed by atoms with Gasteiger partial charge in [-0.1, -0.05) is 31.5 Å². The Hall–Kier alpha value is -2.14. The fraction of sp³-hybridized carbons (Fsp3) is 0.412. The SMILES string of the molecule is CCC[C@H]1COCCN1C(=O)c1ccccc1-c1ncc[nH]1. The van der Waals surface area contributed by atoms with Crippen LogP contribution in [0.5, 0.6) is 0 Å². The van der Waals surface area contributed by atoms with Crippen molar-refractivity contribution in [1.29, 1.82) is 0 Å². The number of imidazole rings is 1. The van der Waals surface area contributed by atoms with E-state index in [9.17, 15) is 4.79 Å². The normalized spacial score (nSPS) is 18.4. The van der Waals surface area contributed by atoms with Crippen molar-refractivity contribution in [2.45, 2.75) is 25.8 Å². The van der Waals surface area contributed by atoms with Gasteiger partial charge < -0.3 is 14.6 Å². The second-order valence-electron chi connectivity index (χ2n) is 5.50. The van der Waals surface area contributed by atoms with E-state index in [4.69, 9.17) is 4.74 Å². The number of hydrogen-bond acceptors (Lipinski definition) is 3. The lowest BCUT2D eigenvalue weighted by atomic mass is 10.0. The van der Waals surface area contributed by atoms with Crippen LogP contribution < -0.4 is 0 Å². The summed E-state index contributed by atoms with van der Waals surface area (Å²) in [4.78, 5) is 22.3. The lowest BCUT2D eigenvalue weighted by Crippen LogP contribution is -2.48. The highest BCUT2D eigenvalue weighted by atomic mass is 16.5. The summed E-state index contributed by atoms with van der Waals surface area (Å²) in [5, 5.41) is 0. The van der Waals surface area contributed by atoms with E-state index in [-0.39, 0.29) is 11.9 Å². The zero-order valence-corrected chi connectivity index (χ0v) is 12.8. The van der Waals surface area contributed by atoms with Gasteiger partial charge in [-0.3, -0.25) is 4.79 Å². The topological polar surface area (TPSA) is 58.2 Å². The molecule has 22 heavy (non-hydrogen) atoms. The summed E-state index contributed by atoms with van der Waals surface area (Å²) in [5.74, 6) is 0.790. The summed E-state index contributed by atoms with van der Waals surface area (Å²) in [7, 11) is 0. The molecular formula is C17H21N3O2. The van der Waals surface area contributed by atoms with Gasteiger partial charge in [-0.05, 0) is 12.5 Å². The molecule has 1 amide bonds. The minimum absolute atomic E-state index is 0.0637. The quantitative estimate of drug-likeness (QED) is 0.944. The molecule has 3 rings (SSSR count). The second kappa shape index (κ2) is 6.75. The lowest BCUT2D eigenvalue weighted by molar-refractivity contribution is -0.00429. The van der Waals surface area contributed by atoms with Gasteiger partial charge in [0.1, 0.15) is 5.82 Å². The molecule has 0 bridgehead atoms. The Kier molecular flexibility index (Phi) is 4.53. The van der Waals surface area contributed by atoms with Crippen molar-refractivity contribution in [3.05, 3.63) is 42.2 Å². The molecule has 1 aliphatic rings. The molecule has 1 fully saturated rings. The summed E-state index contributed by atoms with van der Waals surface area (Å²) in [6, 6.07) is 7.79. The number of nitrogens with zero attached hydrogens (tertiary/aromatic N) is 2. The van der Waals surface area contributed by atoms with E-state index in [1.54, 1.807) is 12.4 Å². The Labute approximate surface area is 130 Å². The number of ether oxygens (including phenoxy) is 1. The number of amides is 1. The van der Waals surface area contributed by atoms with Crippen molar-refractivity contribution >= 4 is 5.91 Å². The first-order chi connectivity index (χ1) is 10.8. The van der Waals surface area contributed by atoms with E-state index < -0.39 is 0 Å². The van der Waals surface area contributed by atoms with Crippen LogP contribution in [0.15, 0.2) is 36.7 Å². The largest absolute Gasteiger partial charge is 0.377 e. The van der Waals surface area contributed by atoms with Gasteiger partial charge in [0.05, 0.1) is 24.8 Å². The maximum atomic E-state index is 13.0. The molecular weight excluding hydrogens is 278 g/mol. The van der Waals surface area contributed by atoms with Crippen LogP contribution in [0.3, 0.4) is 0 Å². The highest BCUT2D eigenvalue weighted by Gasteiger charge is 2.28. The Morgan fingerprint density at radius 3 is 3.09 bits per heavy atom. The maximum absolute atomic E-state index is 13.0. The van der Waals surface area contributed by atoms with Gasteiger partial charge in [0, 0.05) is 24.5 Å². The molecule has 0 spiro atoms. The highest BCUT2D eigenvalue weighted by Crippen LogP contribution is 2.24. The number of aromatic nitrogens is 2. The first-order valence-corrected chi connectivity index (χ1v) is 7.78. The van der Waals surface area contributed by atoms with Gasteiger partial charge in [-0.25, -0.2) is 4.98 Å². The third-order valence-electron chi connectivity index (χ3n) is 4.02. The molecule has 0 unspecified atom stereocenters. The van der Waals surface area contributed by atoms with E-state index in [0.29, 0.717) is 25.3 Å². The van der Waals surface area contributed by atoms with Crippen molar-refractivity contribution < 1.29 is 9.53 Å². The monoisotopic (exact) mass is 299 g/mol. The molecule has 2 heterocycles. The van der Waals surface area contributed by atoms with Gasteiger partial charge >= 0.3 is 0 Å². The number of morpholine rings is 1. The standard InChI is InChI=1S/C17H21N3O2/c1-2-5-13-12-22-11-10-20(13)17(21)15-7-4-3-6-14(15)16-18-8-9-19-16/h3-4,6-9,13H,2,5,10-12H2,1H3,(H,18,19)/t13-/m0/s1. The number of nitrogens with one attached hydrogen (secondary N) is 1. The number of aromatic amines is 1. The fourth-order valence-corrected chi connectivity index (χ4v) is 2.94. The molecule has 116 valence electrons. The molecule has 1 saturated heterocycles. The van der Waals surface area contributed by atoms with Crippen LogP contribution >= 0.6 is 0 Å². The smallest absolute Gasteiger partial charge is 0.255 e. The van der Waals surface area contributed by atoms with Crippen molar-refractivity contribution in [2.24, 2.45) is 0 Å². The molecule has 0 radical (unpaired) electrons. The van der Waals surface area contributed by atoms with Crippen LogP contribution in [0.2, 0.25) is 0 Å². The van der Waals surface area contributed by atoms with E-state index in [0.717, 1.165) is 24.2 Å². The molecule has 1 aromatic carbocycles. The molecule has 0 saturated carbocycles. The summed E-state index contributed by atoms with van der Waals surface area (Å²) >= 11 is 0. The molecule has 5 heteroatoms. The predicted molar refractivity (Wildman–Crippen MR) is 84.6 cm³/mol. The van der Waals surface area contributed by atoms with Crippen LogP contribution in [0.25, 0.3) is 11.4 Å². The number of carbonyl (C=O) groups excluding carboxylic acids is 1. The van der Waals surface area contributed by atoms with E-state index in [2.05, 4.69) is 16.9 Å². The molecule has 1 aliphatic heterocycles. The maximum Gasteiger partial charge on any atom is 0.255 e. The Morgan fingerprint density at radius 2 is 2.32 bits per heavy atom. The minimum Gasteiger partial charge on any atom is -0.377 e. The lowest BCUT2D eigenvalue weighted by Gasteiger charge is -2.36. The van der Waals surface area contributed by atoms with Crippen molar-refractivity contribution in [1.82, 2.24) is 14.9 Å². The van der Waals surface area contributed by atoms with Gasteiger partial charge in [0.25, 0.3) is 5.91 Å². The minimum atomic E-state index is 0.0637. The predicted octanol–water partition coefficient (Wildman–Crippen LogP) is 2.72. The van der Waals surface area contributed by atoms with Crippen LogP contribution in [0.4, 0.5) is 0 Å². The van der Waals surface area contributed by atoms with Gasteiger partial charge in [-0.2, -0.15) is 0 Å². The van der Waals surface area contributed by atoms with Crippen LogP contribution in [-0.4, -0.2) is 46.6 Å². The summed E-state index contributed by atoms with van der Waals surface area (Å²) < 4.78 is 5.54. The first kappa shape index (κ1) is 14.8. The summed E-state index contributed by atoms with van der Waals surface area (Å²) in [6.45, 7) is 4.02. The van der Waals surface area contributed by atoms with Crippen molar-refractivity contribution in [3.8, 4) is 11.4 Å².